The fraction of sp³-hybridized carbons (Fsp3) is 0.632. The third-order valence-corrected chi connectivity index (χ3v) is 6.52. The first-order chi connectivity index (χ1) is 12.9. The van der Waals surface area contributed by atoms with Crippen molar-refractivity contribution in [2.45, 2.75) is 38.1 Å². The van der Waals surface area contributed by atoms with Gasteiger partial charge in [0.25, 0.3) is 0 Å². The van der Waals surface area contributed by atoms with Gasteiger partial charge in [-0.05, 0) is 25.0 Å². The molecule has 1 amide bonds. The molecule has 1 heterocycles. The summed E-state index contributed by atoms with van der Waals surface area (Å²) < 4.78 is 31.3. The number of nitrogens with one attached hydrogen (secondary N) is 1. The van der Waals surface area contributed by atoms with Crippen molar-refractivity contribution < 1.29 is 17.9 Å². The van der Waals surface area contributed by atoms with Crippen molar-refractivity contribution in [3.05, 3.63) is 24.3 Å². The first-order valence-corrected chi connectivity index (χ1v) is 11.5. The van der Waals surface area contributed by atoms with E-state index in [0.29, 0.717) is 18.9 Å². The third-order valence-electron chi connectivity index (χ3n) is 5.24. The summed E-state index contributed by atoms with van der Waals surface area (Å²) in [6.07, 6.45) is 6.00. The van der Waals surface area contributed by atoms with Crippen molar-refractivity contribution in [1.29, 1.82) is 0 Å². The molecule has 1 saturated heterocycles. The summed E-state index contributed by atoms with van der Waals surface area (Å²) in [5.74, 6) is -0.299. The van der Waals surface area contributed by atoms with E-state index < -0.39 is 10.0 Å². The van der Waals surface area contributed by atoms with E-state index in [1.807, 2.05) is 24.3 Å². The highest BCUT2D eigenvalue weighted by molar-refractivity contribution is 7.88. The second-order valence-corrected chi connectivity index (χ2v) is 9.20. The lowest BCUT2D eigenvalue weighted by molar-refractivity contribution is -0.116. The summed E-state index contributed by atoms with van der Waals surface area (Å²) in [6.45, 7) is 2.72. The summed E-state index contributed by atoms with van der Waals surface area (Å²) in [5.41, 5.74) is 1.65. The number of morpholine rings is 1. The van der Waals surface area contributed by atoms with E-state index >= 15 is 0 Å². The summed E-state index contributed by atoms with van der Waals surface area (Å²) in [6, 6.07) is 7.55. The van der Waals surface area contributed by atoms with Crippen LogP contribution < -0.4 is 10.2 Å². The van der Waals surface area contributed by atoms with E-state index in [2.05, 4.69) is 10.2 Å². The molecule has 1 aromatic rings. The van der Waals surface area contributed by atoms with Gasteiger partial charge in [-0.15, -0.1) is 0 Å². The van der Waals surface area contributed by atoms with Gasteiger partial charge in [0.1, 0.15) is 0 Å². The molecule has 0 aromatic heterocycles. The van der Waals surface area contributed by atoms with Crippen molar-refractivity contribution in [2.24, 2.45) is 0 Å². The minimum Gasteiger partial charge on any atom is -0.378 e. The van der Waals surface area contributed by atoms with Gasteiger partial charge in [0, 0.05) is 19.1 Å². The first kappa shape index (κ1) is 20.1. The van der Waals surface area contributed by atoms with Gasteiger partial charge >= 0.3 is 0 Å². The molecule has 0 atom stereocenters. The van der Waals surface area contributed by atoms with Gasteiger partial charge < -0.3 is 15.0 Å². The van der Waals surface area contributed by atoms with Crippen LogP contribution in [0.15, 0.2) is 24.3 Å². The Labute approximate surface area is 161 Å². The van der Waals surface area contributed by atoms with E-state index in [-0.39, 0.29) is 18.5 Å². The van der Waals surface area contributed by atoms with Crippen molar-refractivity contribution in [3.8, 4) is 0 Å². The lowest BCUT2D eigenvalue weighted by Crippen LogP contribution is -2.45. The number of nitrogens with zero attached hydrogens (tertiary/aromatic N) is 2. The lowest BCUT2D eigenvalue weighted by Gasteiger charge is -2.32. The van der Waals surface area contributed by atoms with Crippen molar-refractivity contribution in [3.63, 3.8) is 0 Å². The average molecular weight is 396 g/mol. The molecule has 8 heteroatoms. The molecule has 1 aliphatic heterocycles. The maximum absolute atomic E-state index is 12.7. The number of benzene rings is 1. The second kappa shape index (κ2) is 9.03. The zero-order valence-corrected chi connectivity index (χ0v) is 16.7. The summed E-state index contributed by atoms with van der Waals surface area (Å²) in [7, 11) is -3.44. The number of ether oxygens (including phenoxy) is 1. The maximum Gasteiger partial charge on any atom is 0.239 e. The fourth-order valence-electron chi connectivity index (χ4n) is 3.88. The van der Waals surface area contributed by atoms with Crippen LogP contribution in [0.5, 0.6) is 0 Å². The smallest absolute Gasteiger partial charge is 0.239 e. The molecule has 2 aliphatic rings. The number of hydrogen-bond acceptors (Lipinski definition) is 5. The third kappa shape index (κ3) is 5.43. The predicted octanol–water partition coefficient (Wildman–Crippen LogP) is 2.06. The number of sulfonamides is 1. The molecule has 1 aromatic carbocycles. The van der Waals surface area contributed by atoms with Crippen LogP contribution in [0.1, 0.15) is 32.1 Å². The standard InChI is InChI=1S/C19H29N3O4S/c1-27(24,25)22(16-7-3-2-4-8-16)15-19(23)20-17-9-5-6-10-18(17)21-11-13-26-14-12-21/h5-6,9-10,16H,2-4,7-8,11-15H2,1H3,(H,20,23). The van der Waals surface area contributed by atoms with Crippen LogP contribution >= 0.6 is 0 Å². The van der Waals surface area contributed by atoms with Gasteiger partial charge in [-0.3, -0.25) is 4.79 Å². The van der Waals surface area contributed by atoms with Crippen molar-refractivity contribution in [1.82, 2.24) is 4.31 Å². The molecule has 150 valence electrons. The Bertz CT molecular complexity index is 741. The van der Waals surface area contributed by atoms with Gasteiger partial charge in [-0.1, -0.05) is 31.4 Å². The highest BCUT2D eigenvalue weighted by atomic mass is 32.2. The molecule has 0 spiro atoms. The van der Waals surface area contributed by atoms with Crippen LogP contribution in [-0.4, -0.2) is 63.8 Å². The number of carbonyl (C=O) groups is 1. The first-order valence-electron chi connectivity index (χ1n) is 9.63. The summed E-state index contributed by atoms with van der Waals surface area (Å²) in [5, 5.41) is 2.92. The monoisotopic (exact) mass is 395 g/mol. The maximum atomic E-state index is 12.7. The Morgan fingerprint density at radius 1 is 1.19 bits per heavy atom. The van der Waals surface area contributed by atoms with Crippen LogP contribution in [0.4, 0.5) is 11.4 Å². The highest BCUT2D eigenvalue weighted by Gasteiger charge is 2.30. The molecule has 0 unspecified atom stereocenters. The van der Waals surface area contributed by atoms with Crippen LogP contribution in [0, 0.1) is 0 Å². The number of anilines is 2. The van der Waals surface area contributed by atoms with E-state index in [1.54, 1.807) is 0 Å². The summed E-state index contributed by atoms with van der Waals surface area (Å²) in [4.78, 5) is 14.9. The van der Waals surface area contributed by atoms with Gasteiger partial charge in [0.15, 0.2) is 0 Å². The minimum atomic E-state index is -3.44. The molecular formula is C19H29N3O4S. The number of rotatable bonds is 6. The number of carbonyl (C=O) groups excluding carboxylic acids is 1. The topological polar surface area (TPSA) is 79.0 Å². The molecule has 1 N–H and O–H groups in total. The zero-order valence-electron chi connectivity index (χ0n) is 15.9. The molecular weight excluding hydrogens is 366 g/mol. The summed E-state index contributed by atoms with van der Waals surface area (Å²) >= 11 is 0. The lowest BCUT2D eigenvalue weighted by atomic mass is 9.95. The van der Waals surface area contributed by atoms with Crippen LogP contribution in [-0.2, 0) is 19.6 Å². The fourth-order valence-corrected chi connectivity index (χ4v) is 4.98. The van der Waals surface area contributed by atoms with E-state index in [0.717, 1.165) is 50.9 Å². The van der Waals surface area contributed by atoms with Gasteiger partial charge in [0.2, 0.25) is 15.9 Å². The largest absolute Gasteiger partial charge is 0.378 e. The van der Waals surface area contributed by atoms with Gasteiger partial charge in [-0.2, -0.15) is 4.31 Å². The van der Waals surface area contributed by atoms with Gasteiger partial charge in [-0.25, -0.2) is 8.42 Å². The quantitative estimate of drug-likeness (QED) is 0.798. The average Bonchev–Trinajstić information content (AvgIpc) is 2.67. The Morgan fingerprint density at radius 3 is 2.52 bits per heavy atom. The normalized spacial score (nSPS) is 19.3. The highest BCUT2D eigenvalue weighted by Crippen LogP contribution is 2.27. The molecule has 3 rings (SSSR count). The molecule has 1 aliphatic carbocycles. The Morgan fingerprint density at radius 2 is 1.85 bits per heavy atom. The number of amides is 1. The molecule has 0 bridgehead atoms. The van der Waals surface area contributed by atoms with Crippen molar-refractivity contribution in [2.75, 3.05) is 49.3 Å². The molecule has 0 radical (unpaired) electrons. The molecule has 2 fully saturated rings. The second-order valence-electron chi connectivity index (χ2n) is 7.26. The Kier molecular flexibility index (Phi) is 6.73. The van der Waals surface area contributed by atoms with Crippen LogP contribution in [0.25, 0.3) is 0 Å². The molecule has 1 saturated carbocycles. The molecule has 27 heavy (non-hydrogen) atoms. The number of para-hydroxylation sites is 2. The zero-order chi connectivity index (χ0) is 19.3. The number of hydrogen-bond donors (Lipinski definition) is 1. The van der Waals surface area contributed by atoms with E-state index in [1.165, 1.54) is 10.6 Å². The van der Waals surface area contributed by atoms with Crippen LogP contribution in [0.3, 0.4) is 0 Å². The van der Waals surface area contributed by atoms with Crippen LogP contribution in [0.2, 0.25) is 0 Å². The predicted molar refractivity (Wildman–Crippen MR) is 107 cm³/mol. The van der Waals surface area contributed by atoms with Gasteiger partial charge in [0.05, 0.1) is 37.4 Å². The Hall–Kier alpha value is -1.64. The van der Waals surface area contributed by atoms with E-state index in [4.69, 9.17) is 4.74 Å². The minimum absolute atomic E-state index is 0.0750. The van der Waals surface area contributed by atoms with Crippen molar-refractivity contribution >= 4 is 27.3 Å². The van der Waals surface area contributed by atoms with E-state index in [9.17, 15) is 13.2 Å². The Balaban J connectivity index is 1.70. The molecule has 7 nitrogen and oxygen atoms in total. The SMILES string of the molecule is CS(=O)(=O)N(CC(=O)Nc1ccccc1N1CCOCC1)C1CCCCC1.